The second-order valence-corrected chi connectivity index (χ2v) is 5.58. The first-order valence-corrected chi connectivity index (χ1v) is 6.17. The Morgan fingerprint density at radius 2 is 1.84 bits per heavy atom. The molecule has 2 rings (SSSR count). The van der Waals surface area contributed by atoms with Crippen molar-refractivity contribution in [2.45, 2.75) is 45.5 Å². The van der Waals surface area contributed by atoms with Gasteiger partial charge in [-0.15, -0.1) is 0 Å². The highest BCUT2D eigenvalue weighted by molar-refractivity contribution is 6.54. The van der Waals surface area contributed by atoms with E-state index in [9.17, 15) is 4.39 Å². The molecule has 104 valence electrons. The van der Waals surface area contributed by atoms with Crippen molar-refractivity contribution in [1.82, 2.24) is 0 Å². The third-order valence-corrected chi connectivity index (χ3v) is 3.60. The molecule has 0 unspecified atom stereocenters. The molecule has 6 heteroatoms. The fourth-order valence-corrected chi connectivity index (χ4v) is 1.72. The maximum absolute atomic E-state index is 14.1. The summed E-state index contributed by atoms with van der Waals surface area (Å²) in [5.41, 5.74) is -1.72. The Bertz CT molecular complexity index is 477. The van der Waals surface area contributed by atoms with E-state index in [4.69, 9.17) is 18.8 Å². The van der Waals surface area contributed by atoms with Crippen molar-refractivity contribution < 1.29 is 23.2 Å². The first kappa shape index (κ1) is 14.3. The molecule has 1 N–H and O–H groups in total. The minimum absolute atomic E-state index is 0.216. The molecular formula is C13H18BFO4. The number of hydrogen-bond acceptors (Lipinski definition) is 4. The number of aliphatic hydroxyl groups excluding tert-OH is 1. The normalized spacial score (nSPS) is 22.0. The number of aliphatic hydroxyl groups is 1. The van der Waals surface area contributed by atoms with Crippen LogP contribution in [0.3, 0.4) is 0 Å². The first-order valence-electron chi connectivity index (χ1n) is 6.17. The molecule has 1 aromatic heterocycles. The van der Waals surface area contributed by atoms with Crippen LogP contribution in [0.25, 0.3) is 6.08 Å². The molecule has 2 heterocycles. The van der Waals surface area contributed by atoms with Crippen molar-refractivity contribution >= 4 is 13.2 Å². The molecule has 4 nitrogen and oxygen atoms in total. The van der Waals surface area contributed by atoms with Gasteiger partial charge in [0.1, 0.15) is 23.9 Å². The summed E-state index contributed by atoms with van der Waals surface area (Å²) in [6.45, 7) is 7.22. The number of furan rings is 1. The summed E-state index contributed by atoms with van der Waals surface area (Å²) < 4.78 is 30.4. The van der Waals surface area contributed by atoms with Gasteiger partial charge in [-0.25, -0.2) is 4.39 Å². The van der Waals surface area contributed by atoms with Gasteiger partial charge in [-0.2, -0.15) is 0 Å². The Labute approximate surface area is 112 Å². The van der Waals surface area contributed by atoms with E-state index in [0.29, 0.717) is 11.5 Å². The Morgan fingerprint density at radius 1 is 1.26 bits per heavy atom. The third-order valence-electron chi connectivity index (χ3n) is 3.60. The van der Waals surface area contributed by atoms with E-state index in [1.165, 1.54) is 6.08 Å². The van der Waals surface area contributed by atoms with Crippen LogP contribution < -0.4 is 0 Å². The summed E-state index contributed by atoms with van der Waals surface area (Å²) >= 11 is 0. The summed E-state index contributed by atoms with van der Waals surface area (Å²) in [4.78, 5) is 0. The Hall–Kier alpha value is -1.11. The lowest BCUT2D eigenvalue weighted by molar-refractivity contribution is 0.00578. The third kappa shape index (κ3) is 2.75. The van der Waals surface area contributed by atoms with E-state index in [1.807, 2.05) is 27.7 Å². The molecule has 1 saturated heterocycles. The molecule has 1 aliphatic rings. The molecule has 0 aliphatic carbocycles. The molecule has 1 aromatic rings. The largest absolute Gasteiger partial charge is 0.525 e. The van der Waals surface area contributed by atoms with Crippen molar-refractivity contribution in [3.8, 4) is 0 Å². The fourth-order valence-electron chi connectivity index (χ4n) is 1.72. The van der Waals surface area contributed by atoms with Crippen LogP contribution >= 0.6 is 0 Å². The molecule has 0 aromatic carbocycles. The molecule has 0 amide bonds. The van der Waals surface area contributed by atoms with Crippen LogP contribution in [0.1, 0.15) is 39.2 Å². The van der Waals surface area contributed by atoms with Gasteiger partial charge in [0.2, 0.25) is 0 Å². The van der Waals surface area contributed by atoms with E-state index in [2.05, 4.69) is 0 Å². The lowest BCUT2D eigenvalue weighted by atomic mass is 9.87. The van der Waals surface area contributed by atoms with Crippen LogP contribution in [0.15, 0.2) is 22.3 Å². The highest BCUT2D eigenvalue weighted by atomic mass is 19.1. The quantitative estimate of drug-likeness (QED) is 0.856. The predicted molar refractivity (Wildman–Crippen MR) is 69.8 cm³/mol. The minimum Gasteiger partial charge on any atom is -0.459 e. The van der Waals surface area contributed by atoms with Gasteiger partial charge in [0.15, 0.2) is 0 Å². The van der Waals surface area contributed by atoms with E-state index in [0.717, 1.165) is 0 Å². The topological polar surface area (TPSA) is 51.8 Å². The molecule has 1 aliphatic heterocycles. The molecule has 0 spiro atoms. The standard InChI is InChI=1S/C13H18BFO4/c1-12(2)13(3,4)19-14(18-12)11(15)7-9-5-6-10(8-16)17-9/h5-7,16H,8H2,1-4H3. The van der Waals surface area contributed by atoms with Crippen LogP contribution in [0.5, 0.6) is 0 Å². The molecule has 1 fully saturated rings. The predicted octanol–water partition coefficient (Wildman–Crippen LogP) is 2.71. The van der Waals surface area contributed by atoms with Crippen LogP contribution in [0, 0.1) is 0 Å². The van der Waals surface area contributed by atoms with E-state index in [1.54, 1.807) is 12.1 Å². The van der Waals surface area contributed by atoms with Crippen molar-refractivity contribution in [3.05, 3.63) is 29.4 Å². The van der Waals surface area contributed by atoms with Crippen molar-refractivity contribution in [2.75, 3.05) is 0 Å². The monoisotopic (exact) mass is 268 g/mol. The van der Waals surface area contributed by atoms with Crippen LogP contribution in [0.2, 0.25) is 0 Å². The zero-order valence-corrected chi connectivity index (χ0v) is 11.6. The first-order chi connectivity index (χ1) is 8.75. The fraction of sp³-hybridized carbons (Fsp3) is 0.538. The van der Waals surface area contributed by atoms with Crippen LogP contribution in [-0.4, -0.2) is 23.4 Å². The second-order valence-electron chi connectivity index (χ2n) is 5.58. The lowest BCUT2D eigenvalue weighted by Crippen LogP contribution is -2.41. The molecule has 0 saturated carbocycles. The van der Waals surface area contributed by atoms with Gasteiger partial charge < -0.3 is 18.8 Å². The summed E-state index contributed by atoms with van der Waals surface area (Å²) in [6.07, 6.45) is 1.21. The highest BCUT2D eigenvalue weighted by Gasteiger charge is 2.53. The Balaban J connectivity index is 2.15. The van der Waals surface area contributed by atoms with Crippen molar-refractivity contribution in [2.24, 2.45) is 0 Å². The van der Waals surface area contributed by atoms with Gasteiger partial charge in [-0.1, -0.05) is 0 Å². The van der Waals surface area contributed by atoms with Gasteiger partial charge in [0, 0.05) is 6.08 Å². The second kappa shape index (κ2) is 4.78. The van der Waals surface area contributed by atoms with Gasteiger partial charge in [-0.05, 0) is 39.8 Å². The summed E-state index contributed by atoms with van der Waals surface area (Å²) in [5, 5.41) is 8.88. The van der Waals surface area contributed by atoms with E-state index >= 15 is 0 Å². The lowest BCUT2D eigenvalue weighted by Gasteiger charge is -2.32. The zero-order valence-electron chi connectivity index (χ0n) is 11.6. The average Bonchev–Trinajstić information content (AvgIpc) is 2.82. The molecular weight excluding hydrogens is 250 g/mol. The highest BCUT2D eigenvalue weighted by Crippen LogP contribution is 2.39. The summed E-state index contributed by atoms with van der Waals surface area (Å²) in [7, 11) is -1.03. The summed E-state index contributed by atoms with van der Waals surface area (Å²) in [5.74, 6) is 0.698. The molecule has 0 radical (unpaired) electrons. The number of halogens is 1. The van der Waals surface area contributed by atoms with Gasteiger partial charge in [0.05, 0.1) is 11.2 Å². The summed E-state index contributed by atoms with van der Waals surface area (Å²) in [6, 6.07) is 3.17. The van der Waals surface area contributed by atoms with Gasteiger partial charge >= 0.3 is 7.12 Å². The number of rotatable bonds is 3. The molecule has 0 bridgehead atoms. The maximum Gasteiger partial charge on any atom is 0.525 e. The SMILES string of the molecule is CC1(C)OB(C(F)=Cc2ccc(CO)o2)OC1(C)C. The van der Waals surface area contributed by atoms with Gasteiger partial charge in [-0.3, -0.25) is 0 Å². The van der Waals surface area contributed by atoms with Gasteiger partial charge in [0.25, 0.3) is 0 Å². The maximum atomic E-state index is 14.1. The smallest absolute Gasteiger partial charge is 0.459 e. The molecule has 19 heavy (non-hydrogen) atoms. The van der Waals surface area contributed by atoms with Crippen LogP contribution in [0.4, 0.5) is 4.39 Å². The Morgan fingerprint density at radius 3 is 2.32 bits per heavy atom. The van der Waals surface area contributed by atoms with E-state index in [-0.39, 0.29) is 6.61 Å². The average molecular weight is 268 g/mol. The molecule has 0 atom stereocenters. The van der Waals surface area contributed by atoms with E-state index < -0.39 is 24.0 Å². The van der Waals surface area contributed by atoms with Crippen molar-refractivity contribution in [3.63, 3.8) is 0 Å². The Kier molecular flexibility index (Phi) is 3.60. The number of hydrogen-bond donors (Lipinski definition) is 1. The minimum atomic E-state index is -1.03. The zero-order chi connectivity index (χ0) is 14.3. The van der Waals surface area contributed by atoms with Crippen molar-refractivity contribution in [1.29, 1.82) is 0 Å². The van der Waals surface area contributed by atoms with Crippen LogP contribution in [-0.2, 0) is 15.9 Å².